The molecule has 0 aliphatic rings. The van der Waals surface area contributed by atoms with Gasteiger partial charge < -0.3 is 21.1 Å². The Morgan fingerprint density at radius 3 is 2.47 bits per heavy atom. The first-order chi connectivity index (χ1) is 8.81. The van der Waals surface area contributed by atoms with Gasteiger partial charge in [0, 0.05) is 6.20 Å². The second-order valence-electron chi connectivity index (χ2n) is 3.52. The molecule has 0 aromatic carbocycles. The number of amides is 2. The summed E-state index contributed by atoms with van der Waals surface area (Å²) in [6, 6.07) is -1.56. The fourth-order valence-corrected chi connectivity index (χ4v) is 1.22. The maximum absolute atomic E-state index is 11.6. The number of carbonyl (C=O) groups excluding carboxylic acids is 2. The van der Waals surface area contributed by atoms with E-state index in [1.807, 2.05) is 5.32 Å². The predicted octanol–water partition coefficient (Wildman–Crippen LogP) is -2.88. The summed E-state index contributed by atoms with van der Waals surface area (Å²) in [6.45, 7) is 0. The molecule has 10 heteroatoms. The third-order valence-electron chi connectivity index (χ3n) is 2.07. The molecular formula is C9H10N4O6. The molecule has 0 aliphatic heterocycles. The highest BCUT2D eigenvalue weighted by atomic mass is 16.4. The molecule has 0 spiro atoms. The van der Waals surface area contributed by atoms with E-state index >= 15 is 0 Å². The zero-order valence-electron chi connectivity index (χ0n) is 9.43. The average molecular weight is 270 g/mol. The Morgan fingerprint density at radius 2 is 2.00 bits per heavy atom. The number of aromatic amines is 2. The minimum Gasteiger partial charge on any atom is -0.480 e. The van der Waals surface area contributed by atoms with Crippen molar-refractivity contribution in [2.45, 2.75) is 12.5 Å². The van der Waals surface area contributed by atoms with Gasteiger partial charge in [-0.15, -0.1) is 0 Å². The van der Waals surface area contributed by atoms with Crippen LogP contribution in [-0.4, -0.2) is 38.9 Å². The number of nitrogens with two attached hydrogens (primary N) is 1. The zero-order chi connectivity index (χ0) is 14.6. The zero-order valence-corrected chi connectivity index (χ0v) is 9.43. The van der Waals surface area contributed by atoms with Crippen molar-refractivity contribution in [2.24, 2.45) is 5.73 Å². The summed E-state index contributed by atoms with van der Waals surface area (Å²) < 4.78 is 0. The van der Waals surface area contributed by atoms with Gasteiger partial charge in [-0.2, -0.15) is 0 Å². The summed E-state index contributed by atoms with van der Waals surface area (Å²) in [5.74, 6) is -3.46. The molecule has 10 nitrogen and oxygen atoms in total. The third kappa shape index (κ3) is 3.80. The lowest BCUT2D eigenvalue weighted by atomic mass is 10.2. The number of carboxylic acid groups (broad SMARTS) is 1. The molecule has 1 aromatic rings. The minimum absolute atomic E-state index is 0.490. The SMILES string of the molecule is NC(=O)C[C@@H](NC(=O)c1c[nH]c(=O)[nH]c1=O)C(=O)O. The monoisotopic (exact) mass is 270 g/mol. The summed E-state index contributed by atoms with van der Waals surface area (Å²) in [4.78, 5) is 58.9. The largest absolute Gasteiger partial charge is 0.480 e. The molecule has 1 rings (SSSR count). The van der Waals surface area contributed by atoms with Crippen molar-refractivity contribution in [1.82, 2.24) is 15.3 Å². The van der Waals surface area contributed by atoms with Gasteiger partial charge in [0.05, 0.1) is 6.42 Å². The van der Waals surface area contributed by atoms with Crippen molar-refractivity contribution < 1.29 is 19.5 Å². The lowest BCUT2D eigenvalue weighted by molar-refractivity contribution is -0.140. The van der Waals surface area contributed by atoms with Gasteiger partial charge in [-0.05, 0) is 0 Å². The van der Waals surface area contributed by atoms with Crippen molar-refractivity contribution in [3.8, 4) is 0 Å². The highest BCUT2D eigenvalue weighted by molar-refractivity contribution is 5.97. The van der Waals surface area contributed by atoms with Crippen LogP contribution in [0.25, 0.3) is 0 Å². The number of hydrogen-bond acceptors (Lipinski definition) is 5. The molecule has 0 unspecified atom stereocenters. The van der Waals surface area contributed by atoms with E-state index in [-0.39, 0.29) is 0 Å². The Hall–Kier alpha value is -2.91. The number of hydrogen-bond donors (Lipinski definition) is 5. The van der Waals surface area contributed by atoms with E-state index in [0.717, 1.165) is 6.20 Å². The molecule has 102 valence electrons. The van der Waals surface area contributed by atoms with E-state index in [4.69, 9.17) is 10.8 Å². The van der Waals surface area contributed by atoms with Gasteiger partial charge >= 0.3 is 11.7 Å². The number of rotatable bonds is 5. The lowest BCUT2D eigenvalue weighted by Gasteiger charge is -2.11. The predicted molar refractivity (Wildman–Crippen MR) is 60.4 cm³/mol. The van der Waals surface area contributed by atoms with Crippen LogP contribution in [0.4, 0.5) is 0 Å². The van der Waals surface area contributed by atoms with E-state index in [0.29, 0.717) is 0 Å². The Kier molecular flexibility index (Phi) is 4.19. The number of primary amides is 1. The number of aromatic nitrogens is 2. The highest BCUT2D eigenvalue weighted by Gasteiger charge is 2.23. The van der Waals surface area contributed by atoms with Gasteiger partial charge in [0.15, 0.2) is 0 Å². The van der Waals surface area contributed by atoms with E-state index < -0.39 is 47.1 Å². The summed E-state index contributed by atoms with van der Waals surface area (Å²) in [5, 5.41) is 10.7. The highest BCUT2D eigenvalue weighted by Crippen LogP contribution is 1.94. The maximum Gasteiger partial charge on any atom is 0.326 e. The van der Waals surface area contributed by atoms with Gasteiger partial charge in [-0.1, -0.05) is 0 Å². The van der Waals surface area contributed by atoms with Crippen LogP contribution in [0.15, 0.2) is 15.8 Å². The molecule has 1 heterocycles. The molecule has 0 fully saturated rings. The maximum atomic E-state index is 11.6. The van der Waals surface area contributed by atoms with Gasteiger partial charge in [-0.25, -0.2) is 9.59 Å². The summed E-state index contributed by atoms with van der Waals surface area (Å²) in [5.41, 5.74) is 2.54. The quantitative estimate of drug-likeness (QED) is 0.384. The normalized spacial score (nSPS) is 11.6. The summed E-state index contributed by atoms with van der Waals surface area (Å²) >= 11 is 0. The summed E-state index contributed by atoms with van der Waals surface area (Å²) in [6.07, 6.45) is 0.210. The van der Waals surface area contributed by atoms with Gasteiger partial charge in [-0.3, -0.25) is 19.4 Å². The van der Waals surface area contributed by atoms with Crippen LogP contribution in [0.5, 0.6) is 0 Å². The van der Waals surface area contributed by atoms with Crippen LogP contribution in [-0.2, 0) is 9.59 Å². The van der Waals surface area contributed by atoms with Crippen LogP contribution in [0.3, 0.4) is 0 Å². The first kappa shape index (κ1) is 14.2. The Balaban J connectivity index is 2.94. The van der Waals surface area contributed by atoms with Crippen LogP contribution in [0.1, 0.15) is 16.8 Å². The van der Waals surface area contributed by atoms with Crippen molar-refractivity contribution in [1.29, 1.82) is 0 Å². The van der Waals surface area contributed by atoms with E-state index in [9.17, 15) is 24.0 Å². The fraction of sp³-hybridized carbons (Fsp3) is 0.222. The third-order valence-corrected chi connectivity index (χ3v) is 2.07. The molecule has 0 saturated carbocycles. The molecule has 2 amide bonds. The van der Waals surface area contributed by atoms with Crippen LogP contribution >= 0.6 is 0 Å². The number of H-pyrrole nitrogens is 2. The van der Waals surface area contributed by atoms with Crippen molar-refractivity contribution in [3.63, 3.8) is 0 Å². The topological polar surface area (TPSA) is 175 Å². The Bertz CT molecular complexity index is 630. The van der Waals surface area contributed by atoms with Crippen LogP contribution in [0.2, 0.25) is 0 Å². The molecular weight excluding hydrogens is 260 g/mol. The second-order valence-corrected chi connectivity index (χ2v) is 3.52. The van der Waals surface area contributed by atoms with Gasteiger partial charge in [0.2, 0.25) is 5.91 Å². The number of nitrogens with one attached hydrogen (secondary N) is 3. The standard InChI is InChI=1S/C9H10N4O6/c10-5(14)1-4(8(17)18)12-6(15)3-2-11-9(19)13-7(3)16/h2,4H,1H2,(H2,10,14)(H,12,15)(H,17,18)(H2,11,13,16,19)/t4-/m1/s1. The van der Waals surface area contributed by atoms with Crippen molar-refractivity contribution >= 4 is 17.8 Å². The van der Waals surface area contributed by atoms with Gasteiger partial charge in [0.25, 0.3) is 11.5 Å². The first-order valence-electron chi connectivity index (χ1n) is 4.95. The molecule has 1 atom stereocenters. The van der Waals surface area contributed by atoms with Gasteiger partial charge in [0.1, 0.15) is 11.6 Å². The number of carboxylic acids is 1. The molecule has 6 N–H and O–H groups in total. The average Bonchev–Trinajstić information content (AvgIpc) is 2.26. The first-order valence-corrected chi connectivity index (χ1v) is 4.95. The minimum atomic E-state index is -1.56. The Labute approximate surface area is 104 Å². The smallest absolute Gasteiger partial charge is 0.326 e. The second kappa shape index (κ2) is 5.62. The fourth-order valence-electron chi connectivity index (χ4n) is 1.22. The van der Waals surface area contributed by atoms with Crippen molar-refractivity contribution in [2.75, 3.05) is 0 Å². The van der Waals surface area contributed by atoms with E-state index in [1.54, 1.807) is 4.98 Å². The number of carbonyl (C=O) groups is 3. The molecule has 19 heavy (non-hydrogen) atoms. The molecule has 0 radical (unpaired) electrons. The Morgan fingerprint density at radius 1 is 1.37 bits per heavy atom. The molecule has 1 aromatic heterocycles. The summed E-state index contributed by atoms with van der Waals surface area (Å²) in [7, 11) is 0. The molecule has 0 saturated heterocycles. The lowest BCUT2D eigenvalue weighted by Crippen LogP contribution is -2.45. The van der Waals surface area contributed by atoms with Crippen LogP contribution < -0.4 is 22.3 Å². The van der Waals surface area contributed by atoms with E-state index in [2.05, 4.69) is 4.98 Å². The molecule has 0 aliphatic carbocycles. The van der Waals surface area contributed by atoms with Crippen LogP contribution in [0, 0.1) is 0 Å². The number of aliphatic carboxylic acids is 1. The van der Waals surface area contributed by atoms with Crippen molar-refractivity contribution in [3.05, 3.63) is 32.6 Å². The molecule has 0 bridgehead atoms. The van der Waals surface area contributed by atoms with E-state index in [1.165, 1.54) is 0 Å².